The first kappa shape index (κ1) is 14.2. The van der Waals surface area contributed by atoms with Gasteiger partial charge in [-0.2, -0.15) is 0 Å². The van der Waals surface area contributed by atoms with Crippen LogP contribution in [0.3, 0.4) is 0 Å². The van der Waals surface area contributed by atoms with E-state index in [9.17, 15) is 13.6 Å². The smallest absolute Gasteiger partial charge is 0.196 e. The van der Waals surface area contributed by atoms with Crippen LogP contribution in [0.1, 0.15) is 29.8 Å². The average Bonchev–Trinajstić information content (AvgIpc) is 2.37. The molecule has 104 valence electrons. The average molecular weight is 276 g/mol. The summed E-state index contributed by atoms with van der Waals surface area (Å²) in [5.74, 6) is -1.55. The number of carbonyl (C=O) groups excluding carboxylic acids is 1. The van der Waals surface area contributed by atoms with Crippen molar-refractivity contribution < 1.29 is 18.3 Å². The van der Waals surface area contributed by atoms with Gasteiger partial charge in [-0.15, -0.1) is 0 Å². The predicted octanol–water partition coefficient (Wildman–Crippen LogP) is 3.98. The normalized spacial score (nSPS) is 10.7. The Morgan fingerprint density at radius 1 is 1.10 bits per heavy atom. The minimum absolute atomic E-state index is 0.0251. The van der Waals surface area contributed by atoms with Crippen molar-refractivity contribution in [2.75, 3.05) is 0 Å². The minimum atomic E-state index is -0.870. The third-order valence-corrected chi connectivity index (χ3v) is 2.64. The van der Waals surface area contributed by atoms with Crippen LogP contribution in [0.4, 0.5) is 8.78 Å². The molecule has 0 radical (unpaired) electrons. The van der Waals surface area contributed by atoms with E-state index < -0.39 is 17.4 Å². The molecular formula is C16H14F2O2. The molecule has 0 aliphatic rings. The second-order valence-corrected chi connectivity index (χ2v) is 4.65. The number of rotatable bonds is 4. The van der Waals surface area contributed by atoms with Crippen LogP contribution in [-0.2, 0) is 0 Å². The van der Waals surface area contributed by atoms with Crippen molar-refractivity contribution in [3.63, 3.8) is 0 Å². The maximum Gasteiger partial charge on any atom is 0.196 e. The molecule has 4 heteroatoms. The molecule has 2 nitrogen and oxygen atoms in total. The number of carbonyl (C=O) groups is 1. The third kappa shape index (κ3) is 3.20. The Hall–Kier alpha value is -2.23. The number of hydrogen-bond acceptors (Lipinski definition) is 2. The summed E-state index contributed by atoms with van der Waals surface area (Å²) in [5, 5.41) is 0. The van der Waals surface area contributed by atoms with Gasteiger partial charge in [-0.3, -0.25) is 4.79 Å². The molecule has 0 aromatic heterocycles. The molecule has 0 atom stereocenters. The van der Waals surface area contributed by atoms with E-state index >= 15 is 0 Å². The Kier molecular flexibility index (Phi) is 4.13. The Morgan fingerprint density at radius 3 is 2.50 bits per heavy atom. The fourth-order valence-corrected chi connectivity index (χ4v) is 1.81. The van der Waals surface area contributed by atoms with Crippen molar-refractivity contribution in [1.82, 2.24) is 0 Å². The summed E-state index contributed by atoms with van der Waals surface area (Å²) in [6.07, 6.45) is -0.0251. The highest BCUT2D eigenvalue weighted by Crippen LogP contribution is 2.19. The summed E-state index contributed by atoms with van der Waals surface area (Å²) in [7, 11) is 0. The zero-order valence-corrected chi connectivity index (χ0v) is 11.2. The van der Waals surface area contributed by atoms with E-state index in [4.69, 9.17) is 4.74 Å². The summed E-state index contributed by atoms with van der Waals surface area (Å²) in [5.41, 5.74) is 0.141. The lowest BCUT2D eigenvalue weighted by atomic mass is 10.0. The molecule has 0 aliphatic carbocycles. The number of halogens is 2. The second kappa shape index (κ2) is 5.82. The van der Waals surface area contributed by atoms with Crippen molar-refractivity contribution in [2.45, 2.75) is 20.0 Å². The molecule has 0 aliphatic heterocycles. The summed E-state index contributed by atoms with van der Waals surface area (Å²) in [4.78, 5) is 12.2. The third-order valence-electron chi connectivity index (χ3n) is 2.64. The topological polar surface area (TPSA) is 26.3 Å². The van der Waals surface area contributed by atoms with Gasteiger partial charge in [-0.25, -0.2) is 8.78 Å². The molecular weight excluding hydrogens is 262 g/mol. The van der Waals surface area contributed by atoms with E-state index in [1.54, 1.807) is 24.3 Å². The van der Waals surface area contributed by atoms with E-state index in [1.165, 1.54) is 0 Å². The highest BCUT2D eigenvalue weighted by Gasteiger charge is 2.15. The van der Waals surface area contributed by atoms with Crippen LogP contribution in [0.15, 0.2) is 42.5 Å². The molecule has 0 saturated carbocycles. The molecule has 0 saturated heterocycles. The fourth-order valence-electron chi connectivity index (χ4n) is 1.81. The zero-order valence-electron chi connectivity index (χ0n) is 11.2. The van der Waals surface area contributed by atoms with Gasteiger partial charge in [-0.1, -0.05) is 12.1 Å². The SMILES string of the molecule is CC(C)Oc1cccc(C(=O)c2ccc(F)cc2F)c1. The van der Waals surface area contributed by atoms with Crippen LogP contribution in [-0.4, -0.2) is 11.9 Å². The monoisotopic (exact) mass is 276 g/mol. The fraction of sp³-hybridized carbons (Fsp3) is 0.188. The van der Waals surface area contributed by atoms with Gasteiger partial charge < -0.3 is 4.74 Å². The Balaban J connectivity index is 2.33. The molecule has 20 heavy (non-hydrogen) atoms. The summed E-state index contributed by atoms with van der Waals surface area (Å²) in [6.45, 7) is 3.74. The highest BCUT2D eigenvalue weighted by atomic mass is 19.1. The van der Waals surface area contributed by atoms with E-state index in [1.807, 2.05) is 13.8 Å². The van der Waals surface area contributed by atoms with Crippen LogP contribution in [0.5, 0.6) is 5.75 Å². The van der Waals surface area contributed by atoms with Crippen molar-refractivity contribution in [1.29, 1.82) is 0 Å². The molecule has 0 heterocycles. The standard InChI is InChI=1S/C16H14F2O2/c1-10(2)20-13-5-3-4-11(8-13)16(19)14-7-6-12(17)9-15(14)18/h3-10H,1-2H3. The van der Waals surface area contributed by atoms with Gasteiger partial charge in [0.25, 0.3) is 0 Å². The minimum Gasteiger partial charge on any atom is -0.491 e. The van der Waals surface area contributed by atoms with E-state index in [0.717, 1.165) is 12.1 Å². The molecule has 0 fully saturated rings. The van der Waals surface area contributed by atoms with Crippen molar-refractivity contribution >= 4 is 5.78 Å². The number of ketones is 1. The predicted molar refractivity (Wildman–Crippen MR) is 72.0 cm³/mol. The zero-order chi connectivity index (χ0) is 14.7. The lowest BCUT2D eigenvalue weighted by Gasteiger charge is -2.10. The van der Waals surface area contributed by atoms with Crippen LogP contribution in [0.2, 0.25) is 0 Å². The molecule has 0 N–H and O–H groups in total. The van der Waals surface area contributed by atoms with E-state index in [-0.39, 0.29) is 11.7 Å². The molecule has 0 spiro atoms. The Labute approximate surface area is 116 Å². The second-order valence-electron chi connectivity index (χ2n) is 4.65. The molecule has 2 aromatic rings. The molecule has 0 amide bonds. The van der Waals surface area contributed by atoms with Gasteiger partial charge in [0.15, 0.2) is 5.78 Å². The van der Waals surface area contributed by atoms with Gasteiger partial charge in [0.2, 0.25) is 0 Å². The maximum atomic E-state index is 13.6. The van der Waals surface area contributed by atoms with E-state index in [0.29, 0.717) is 17.4 Å². The first-order chi connectivity index (χ1) is 9.47. The number of hydrogen-bond donors (Lipinski definition) is 0. The summed E-state index contributed by atoms with van der Waals surface area (Å²) in [6, 6.07) is 9.39. The maximum absolute atomic E-state index is 13.6. The summed E-state index contributed by atoms with van der Waals surface area (Å²) >= 11 is 0. The van der Waals surface area contributed by atoms with Crippen LogP contribution >= 0.6 is 0 Å². The quantitative estimate of drug-likeness (QED) is 0.789. The molecule has 0 unspecified atom stereocenters. The van der Waals surface area contributed by atoms with Crippen LogP contribution in [0, 0.1) is 11.6 Å². The Bertz CT molecular complexity index is 636. The van der Waals surface area contributed by atoms with Crippen molar-refractivity contribution in [2.24, 2.45) is 0 Å². The van der Waals surface area contributed by atoms with Crippen molar-refractivity contribution in [3.05, 3.63) is 65.2 Å². The highest BCUT2D eigenvalue weighted by molar-refractivity contribution is 6.09. The lowest BCUT2D eigenvalue weighted by Crippen LogP contribution is -2.08. The first-order valence-electron chi connectivity index (χ1n) is 6.24. The number of benzene rings is 2. The number of ether oxygens (including phenoxy) is 1. The van der Waals surface area contributed by atoms with Gasteiger partial charge in [0, 0.05) is 11.6 Å². The van der Waals surface area contributed by atoms with Crippen LogP contribution in [0.25, 0.3) is 0 Å². The molecule has 2 aromatic carbocycles. The molecule has 2 rings (SSSR count). The largest absolute Gasteiger partial charge is 0.491 e. The molecule has 0 bridgehead atoms. The lowest BCUT2D eigenvalue weighted by molar-refractivity contribution is 0.103. The first-order valence-corrected chi connectivity index (χ1v) is 6.24. The van der Waals surface area contributed by atoms with Gasteiger partial charge in [0.05, 0.1) is 11.7 Å². The summed E-state index contributed by atoms with van der Waals surface area (Å²) < 4.78 is 31.9. The Morgan fingerprint density at radius 2 is 1.85 bits per heavy atom. The van der Waals surface area contributed by atoms with Crippen LogP contribution < -0.4 is 4.74 Å². The van der Waals surface area contributed by atoms with Gasteiger partial charge in [-0.05, 0) is 38.1 Å². The van der Waals surface area contributed by atoms with Crippen molar-refractivity contribution in [3.8, 4) is 5.75 Å². The van der Waals surface area contributed by atoms with E-state index in [2.05, 4.69) is 0 Å². The van der Waals surface area contributed by atoms with Gasteiger partial charge in [0.1, 0.15) is 17.4 Å². The van der Waals surface area contributed by atoms with Gasteiger partial charge >= 0.3 is 0 Å².